The molecule has 0 unspecified atom stereocenters. The zero-order chi connectivity index (χ0) is 14.7. The molecule has 0 heterocycles. The van der Waals surface area contributed by atoms with Gasteiger partial charge in [0.1, 0.15) is 5.82 Å². The monoisotopic (exact) mass is 311 g/mol. The van der Waals surface area contributed by atoms with E-state index in [-0.39, 0.29) is 33.9 Å². The Morgan fingerprint density at radius 1 is 1.10 bits per heavy atom. The summed E-state index contributed by atoms with van der Waals surface area (Å²) in [5.41, 5.74) is 0.668. The molecule has 0 aromatic heterocycles. The van der Waals surface area contributed by atoms with Crippen LogP contribution in [0.15, 0.2) is 42.5 Å². The molecule has 0 radical (unpaired) electrons. The zero-order valence-corrected chi connectivity index (χ0v) is 12.2. The lowest BCUT2D eigenvalue weighted by atomic mass is 10.1. The first-order valence-electron chi connectivity index (χ1n) is 5.93. The van der Waals surface area contributed by atoms with Gasteiger partial charge in [0.15, 0.2) is 0 Å². The minimum atomic E-state index is -0.350. The van der Waals surface area contributed by atoms with Gasteiger partial charge < -0.3 is 4.90 Å². The molecule has 2 nitrogen and oxygen atoms in total. The van der Waals surface area contributed by atoms with Crippen LogP contribution in [0, 0.1) is 5.82 Å². The van der Waals surface area contributed by atoms with Gasteiger partial charge in [0.25, 0.3) is 5.91 Å². The maximum atomic E-state index is 13.6. The topological polar surface area (TPSA) is 20.3 Å². The average Bonchev–Trinajstić information content (AvgIpc) is 2.41. The molecule has 1 amide bonds. The maximum Gasteiger partial charge on any atom is 0.256 e. The van der Waals surface area contributed by atoms with Crippen molar-refractivity contribution in [3.8, 4) is 0 Å². The molecule has 0 aliphatic heterocycles. The number of rotatable bonds is 3. The van der Waals surface area contributed by atoms with Gasteiger partial charge in [-0.2, -0.15) is 0 Å². The number of nitrogens with zero attached hydrogens (tertiary/aromatic N) is 1. The average molecular weight is 312 g/mol. The lowest BCUT2D eigenvalue weighted by Gasteiger charge is -2.19. The van der Waals surface area contributed by atoms with E-state index in [4.69, 9.17) is 23.2 Å². The van der Waals surface area contributed by atoms with Crippen LogP contribution < -0.4 is 0 Å². The Labute approximate surface area is 126 Å². The number of hydrogen-bond acceptors (Lipinski definition) is 1. The van der Waals surface area contributed by atoms with Gasteiger partial charge in [-0.3, -0.25) is 4.79 Å². The smallest absolute Gasteiger partial charge is 0.256 e. The van der Waals surface area contributed by atoms with Crippen LogP contribution in [0.3, 0.4) is 0 Å². The number of carbonyl (C=O) groups excluding carboxylic acids is 1. The van der Waals surface area contributed by atoms with Crippen molar-refractivity contribution in [3.05, 3.63) is 69.5 Å². The van der Waals surface area contributed by atoms with Crippen molar-refractivity contribution in [2.45, 2.75) is 6.54 Å². The summed E-state index contributed by atoms with van der Waals surface area (Å²) >= 11 is 12.0. The summed E-state index contributed by atoms with van der Waals surface area (Å²) in [4.78, 5) is 13.7. The van der Waals surface area contributed by atoms with Gasteiger partial charge >= 0.3 is 0 Å². The predicted molar refractivity (Wildman–Crippen MR) is 78.7 cm³/mol. The fraction of sp³-hybridized carbons (Fsp3) is 0.133. The molecular formula is C15H12Cl2FNO. The van der Waals surface area contributed by atoms with E-state index in [1.54, 1.807) is 43.4 Å². The quantitative estimate of drug-likeness (QED) is 0.822. The van der Waals surface area contributed by atoms with E-state index in [9.17, 15) is 9.18 Å². The van der Waals surface area contributed by atoms with E-state index >= 15 is 0 Å². The normalized spacial score (nSPS) is 10.4. The lowest BCUT2D eigenvalue weighted by molar-refractivity contribution is 0.0784. The molecular weight excluding hydrogens is 300 g/mol. The third kappa shape index (κ3) is 3.11. The molecule has 0 N–H and O–H groups in total. The van der Waals surface area contributed by atoms with Crippen molar-refractivity contribution in [2.24, 2.45) is 0 Å². The molecule has 0 aliphatic carbocycles. The van der Waals surface area contributed by atoms with Gasteiger partial charge in [-0.25, -0.2) is 4.39 Å². The fourth-order valence-electron chi connectivity index (χ4n) is 1.85. The molecule has 0 spiro atoms. The van der Waals surface area contributed by atoms with E-state index in [0.29, 0.717) is 5.56 Å². The Balaban J connectivity index is 2.24. The Morgan fingerprint density at radius 2 is 1.70 bits per heavy atom. The number of carbonyl (C=O) groups is 1. The van der Waals surface area contributed by atoms with Crippen molar-refractivity contribution in [1.29, 1.82) is 0 Å². The highest BCUT2D eigenvalue weighted by molar-refractivity contribution is 6.39. The second-order valence-electron chi connectivity index (χ2n) is 4.35. The van der Waals surface area contributed by atoms with E-state index < -0.39 is 0 Å². The molecule has 0 fully saturated rings. The summed E-state index contributed by atoms with van der Waals surface area (Å²) in [5, 5.41) is 0.561. The summed E-state index contributed by atoms with van der Waals surface area (Å²) in [6, 6.07) is 11.2. The second kappa shape index (κ2) is 6.25. The number of amides is 1. The Hall–Kier alpha value is -1.58. The molecule has 2 rings (SSSR count). The van der Waals surface area contributed by atoms with Crippen LogP contribution in [0.2, 0.25) is 10.0 Å². The summed E-state index contributed by atoms with van der Waals surface area (Å²) < 4.78 is 13.6. The van der Waals surface area contributed by atoms with Crippen molar-refractivity contribution in [3.63, 3.8) is 0 Å². The van der Waals surface area contributed by atoms with Crippen molar-refractivity contribution >= 4 is 29.1 Å². The largest absolute Gasteiger partial charge is 0.337 e. The van der Waals surface area contributed by atoms with Crippen molar-refractivity contribution < 1.29 is 9.18 Å². The molecule has 5 heteroatoms. The minimum absolute atomic E-state index is 0.146. The first-order chi connectivity index (χ1) is 9.50. The van der Waals surface area contributed by atoms with Gasteiger partial charge in [0.05, 0.1) is 15.6 Å². The summed E-state index contributed by atoms with van der Waals surface area (Å²) in [6.07, 6.45) is 0. The molecule has 2 aromatic carbocycles. The Kier molecular flexibility index (Phi) is 4.63. The zero-order valence-electron chi connectivity index (χ0n) is 10.7. The summed E-state index contributed by atoms with van der Waals surface area (Å²) in [6.45, 7) is 0.146. The van der Waals surface area contributed by atoms with Gasteiger partial charge in [-0.05, 0) is 18.2 Å². The fourth-order valence-corrected chi connectivity index (χ4v) is 2.41. The first-order valence-corrected chi connectivity index (χ1v) is 6.69. The maximum absolute atomic E-state index is 13.6. The molecule has 0 aliphatic rings. The van der Waals surface area contributed by atoms with Crippen molar-refractivity contribution in [1.82, 2.24) is 4.90 Å². The van der Waals surface area contributed by atoms with Crippen molar-refractivity contribution in [2.75, 3.05) is 7.05 Å². The lowest BCUT2D eigenvalue weighted by Crippen LogP contribution is -2.27. The number of halogens is 3. The van der Waals surface area contributed by atoms with E-state index in [1.165, 1.54) is 11.0 Å². The van der Waals surface area contributed by atoms with Crippen LogP contribution in [0.1, 0.15) is 15.9 Å². The van der Waals surface area contributed by atoms with Crippen LogP contribution >= 0.6 is 23.2 Å². The van der Waals surface area contributed by atoms with Crippen LogP contribution in [0.4, 0.5) is 4.39 Å². The number of hydrogen-bond donors (Lipinski definition) is 0. The Bertz CT molecular complexity index is 625. The van der Waals surface area contributed by atoms with Crippen LogP contribution in [0.25, 0.3) is 0 Å². The molecule has 104 valence electrons. The minimum Gasteiger partial charge on any atom is -0.337 e. The van der Waals surface area contributed by atoms with Crippen LogP contribution in [0.5, 0.6) is 0 Å². The number of benzene rings is 2. The highest BCUT2D eigenvalue weighted by atomic mass is 35.5. The van der Waals surface area contributed by atoms with Crippen LogP contribution in [-0.2, 0) is 6.54 Å². The molecule has 0 atom stereocenters. The highest BCUT2D eigenvalue weighted by Crippen LogP contribution is 2.26. The van der Waals surface area contributed by atoms with E-state index in [2.05, 4.69) is 0 Å². The van der Waals surface area contributed by atoms with Gasteiger partial charge in [0.2, 0.25) is 0 Å². The SMILES string of the molecule is CN(Cc1ccccc1F)C(=O)c1c(Cl)cccc1Cl. The highest BCUT2D eigenvalue weighted by Gasteiger charge is 2.19. The van der Waals surface area contributed by atoms with E-state index in [0.717, 1.165) is 0 Å². The summed E-state index contributed by atoms with van der Waals surface area (Å²) in [7, 11) is 1.58. The third-order valence-electron chi connectivity index (χ3n) is 2.89. The van der Waals surface area contributed by atoms with Gasteiger partial charge in [-0.1, -0.05) is 47.5 Å². The molecule has 20 heavy (non-hydrogen) atoms. The first kappa shape index (κ1) is 14.8. The summed E-state index contributed by atoms with van der Waals surface area (Å²) in [5.74, 6) is -0.693. The second-order valence-corrected chi connectivity index (χ2v) is 5.16. The molecule has 2 aromatic rings. The predicted octanol–water partition coefficient (Wildman–Crippen LogP) is 4.40. The molecule has 0 saturated carbocycles. The van der Waals surface area contributed by atoms with Gasteiger partial charge in [0, 0.05) is 19.2 Å². The molecule has 0 bridgehead atoms. The van der Waals surface area contributed by atoms with Gasteiger partial charge in [-0.15, -0.1) is 0 Å². The van der Waals surface area contributed by atoms with E-state index in [1.807, 2.05) is 0 Å². The Morgan fingerprint density at radius 3 is 2.30 bits per heavy atom. The third-order valence-corrected chi connectivity index (χ3v) is 3.52. The van der Waals surface area contributed by atoms with Crippen LogP contribution in [-0.4, -0.2) is 17.9 Å². The standard InChI is InChI=1S/C15H12Cl2FNO/c1-19(9-10-5-2-3-8-13(10)18)15(20)14-11(16)6-4-7-12(14)17/h2-8H,9H2,1H3. The molecule has 0 saturated heterocycles.